The second-order valence-corrected chi connectivity index (χ2v) is 3.01. The van der Waals surface area contributed by atoms with Crippen molar-refractivity contribution in [2.45, 2.75) is 18.9 Å². The molecule has 1 N–H and O–H groups in total. The van der Waals surface area contributed by atoms with Crippen LogP contribution in [0, 0.1) is 0 Å². The molecule has 1 aliphatic heterocycles. The smallest absolute Gasteiger partial charge is 0.136 e. The van der Waals surface area contributed by atoms with Gasteiger partial charge in [0.05, 0.1) is 12.3 Å². The predicted molar refractivity (Wildman–Crippen MR) is 43.7 cm³/mol. The topological polar surface area (TPSA) is 42.2 Å². The van der Waals surface area contributed by atoms with Gasteiger partial charge in [0.1, 0.15) is 11.5 Å². The van der Waals surface area contributed by atoms with Gasteiger partial charge in [-0.25, -0.2) is 0 Å². The minimum atomic E-state index is 0.0984. The number of carbonyl (C=O) groups is 1. The fraction of sp³-hybridized carbons (Fsp3) is 0.444. The van der Waals surface area contributed by atoms with Crippen molar-refractivity contribution in [3.8, 4) is 0 Å². The molecule has 64 valence electrons. The Morgan fingerprint density at radius 1 is 1.58 bits per heavy atom. The lowest BCUT2D eigenvalue weighted by Crippen LogP contribution is -2.31. The SMILES string of the molecule is O=C1CCNC(c2ccco2)C1. The van der Waals surface area contributed by atoms with Crippen LogP contribution in [0.3, 0.4) is 0 Å². The molecule has 12 heavy (non-hydrogen) atoms. The number of rotatable bonds is 1. The average molecular weight is 165 g/mol. The summed E-state index contributed by atoms with van der Waals surface area (Å²) < 4.78 is 5.21. The van der Waals surface area contributed by atoms with Gasteiger partial charge in [-0.05, 0) is 12.1 Å². The molecule has 0 spiro atoms. The van der Waals surface area contributed by atoms with Crippen LogP contribution in [0.5, 0.6) is 0 Å². The number of ketones is 1. The second-order valence-electron chi connectivity index (χ2n) is 3.01. The van der Waals surface area contributed by atoms with E-state index in [1.165, 1.54) is 0 Å². The maximum absolute atomic E-state index is 11.1. The lowest BCUT2D eigenvalue weighted by molar-refractivity contribution is -0.120. The van der Waals surface area contributed by atoms with Gasteiger partial charge in [-0.2, -0.15) is 0 Å². The number of nitrogens with one attached hydrogen (secondary N) is 1. The molecule has 2 heterocycles. The first-order valence-corrected chi connectivity index (χ1v) is 4.15. The van der Waals surface area contributed by atoms with Gasteiger partial charge in [0.2, 0.25) is 0 Å². The van der Waals surface area contributed by atoms with Gasteiger partial charge in [-0.1, -0.05) is 0 Å². The van der Waals surface area contributed by atoms with E-state index in [9.17, 15) is 4.79 Å². The lowest BCUT2D eigenvalue weighted by Gasteiger charge is -2.20. The first-order valence-electron chi connectivity index (χ1n) is 4.15. The number of hydrogen-bond donors (Lipinski definition) is 1. The van der Waals surface area contributed by atoms with Crippen molar-refractivity contribution in [1.29, 1.82) is 0 Å². The summed E-state index contributed by atoms with van der Waals surface area (Å²) in [6, 6.07) is 3.84. The molecular weight excluding hydrogens is 154 g/mol. The second kappa shape index (κ2) is 3.11. The van der Waals surface area contributed by atoms with Crippen LogP contribution in [-0.2, 0) is 4.79 Å². The standard InChI is InChI=1S/C9H11NO2/c11-7-3-4-10-8(6-7)9-2-1-5-12-9/h1-2,5,8,10H,3-4,6H2. The first kappa shape index (κ1) is 7.55. The van der Waals surface area contributed by atoms with E-state index >= 15 is 0 Å². The highest BCUT2D eigenvalue weighted by atomic mass is 16.3. The summed E-state index contributed by atoms with van der Waals surface area (Å²) in [5, 5.41) is 3.24. The maximum Gasteiger partial charge on any atom is 0.136 e. The van der Waals surface area contributed by atoms with Crippen LogP contribution < -0.4 is 5.32 Å². The Balaban J connectivity index is 2.09. The molecule has 0 bridgehead atoms. The van der Waals surface area contributed by atoms with Crippen molar-refractivity contribution in [1.82, 2.24) is 5.32 Å². The van der Waals surface area contributed by atoms with Crippen molar-refractivity contribution in [2.24, 2.45) is 0 Å². The molecule has 0 aliphatic carbocycles. The van der Waals surface area contributed by atoms with Gasteiger partial charge in [0.15, 0.2) is 0 Å². The van der Waals surface area contributed by atoms with Crippen LogP contribution in [-0.4, -0.2) is 12.3 Å². The number of furan rings is 1. The molecule has 0 radical (unpaired) electrons. The lowest BCUT2D eigenvalue weighted by atomic mass is 10.0. The normalized spacial score (nSPS) is 24.3. The third kappa shape index (κ3) is 1.41. The van der Waals surface area contributed by atoms with E-state index < -0.39 is 0 Å². The van der Waals surface area contributed by atoms with Gasteiger partial charge in [0.25, 0.3) is 0 Å². The molecule has 1 atom stereocenters. The van der Waals surface area contributed by atoms with Crippen LogP contribution in [0.1, 0.15) is 24.6 Å². The summed E-state index contributed by atoms with van der Waals surface area (Å²) in [5.74, 6) is 1.18. The zero-order valence-corrected chi connectivity index (χ0v) is 6.75. The van der Waals surface area contributed by atoms with Crippen LogP contribution in [0.4, 0.5) is 0 Å². The summed E-state index contributed by atoms with van der Waals surface area (Å²) in [6.07, 6.45) is 2.85. The van der Waals surface area contributed by atoms with Gasteiger partial charge < -0.3 is 9.73 Å². The molecule has 0 saturated carbocycles. The number of piperidine rings is 1. The fourth-order valence-corrected chi connectivity index (χ4v) is 1.48. The van der Waals surface area contributed by atoms with E-state index in [1.54, 1.807) is 6.26 Å². The Hall–Kier alpha value is -1.09. The third-order valence-corrected chi connectivity index (χ3v) is 2.11. The van der Waals surface area contributed by atoms with Crippen LogP contribution >= 0.6 is 0 Å². The molecule has 3 nitrogen and oxygen atoms in total. The van der Waals surface area contributed by atoms with E-state index in [0.717, 1.165) is 12.3 Å². The number of hydrogen-bond acceptors (Lipinski definition) is 3. The van der Waals surface area contributed by atoms with Crippen molar-refractivity contribution >= 4 is 5.78 Å². The summed E-state index contributed by atoms with van der Waals surface area (Å²) in [4.78, 5) is 11.1. The van der Waals surface area contributed by atoms with Gasteiger partial charge in [-0.3, -0.25) is 4.79 Å². The molecule has 3 heteroatoms. The van der Waals surface area contributed by atoms with Crippen molar-refractivity contribution in [3.05, 3.63) is 24.2 Å². The quantitative estimate of drug-likeness (QED) is 0.681. The van der Waals surface area contributed by atoms with Gasteiger partial charge >= 0.3 is 0 Å². The summed E-state index contributed by atoms with van der Waals surface area (Å²) in [7, 11) is 0. The molecule has 0 amide bonds. The minimum Gasteiger partial charge on any atom is -0.468 e. The zero-order valence-electron chi connectivity index (χ0n) is 6.75. The van der Waals surface area contributed by atoms with E-state index in [1.807, 2.05) is 12.1 Å². The Morgan fingerprint density at radius 2 is 2.50 bits per heavy atom. The summed E-state index contributed by atoms with van der Waals surface area (Å²) in [6.45, 7) is 0.768. The van der Waals surface area contributed by atoms with E-state index in [0.29, 0.717) is 18.6 Å². The first-order chi connectivity index (χ1) is 5.86. The minimum absolute atomic E-state index is 0.0984. The highest BCUT2D eigenvalue weighted by molar-refractivity contribution is 5.80. The molecule has 1 saturated heterocycles. The van der Waals surface area contributed by atoms with E-state index in [2.05, 4.69) is 5.32 Å². The molecule has 1 aromatic heterocycles. The van der Waals surface area contributed by atoms with E-state index in [4.69, 9.17) is 4.42 Å². The fourth-order valence-electron chi connectivity index (χ4n) is 1.48. The Kier molecular flexibility index (Phi) is 1.96. The highest BCUT2D eigenvalue weighted by Gasteiger charge is 2.21. The number of Topliss-reactive ketones (excluding diaryl/α,β-unsaturated/α-hetero) is 1. The van der Waals surface area contributed by atoms with E-state index in [-0.39, 0.29) is 6.04 Å². The number of carbonyl (C=O) groups excluding carboxylic acids is 1. The highest BCUT2D eigenvalue weighted by Crippen LogP contribution is 2.20. The van der Waals surface area contributed by atoms with Crippen molar-refractivity contribution < 1.29 is 9.21 Å². The molecule has 1 aromatic rings. The molecule has 1 fully saturated rings. The third-order valence-electron chi connectivity index (χ3n) is 2.11. The van der Waals surface area contributed by atoms with Crippen LogP contribution in [0.2, 0.25) is 0 Å². The van der Waals surface area contributed by atoms with Gasteiger partial charge in [-0.15, -0.1) is 0 Å². The van der Waals surface area contributed by atoms with Crippen molar-refractivity contribution in [2.75, 3.05) is 6.54 Å². The molecular formula is C9H11NO2. The maximum atomic E-state index is 11.1. The van der Waals surface area contributed by atoms with Crippen LogP contribution in [0.15, 0.2) is 22.8 Å². The molecule has 1 unspecified atom stereocenters. The van der Waals surface area contributed by atoms with Gasteiger partial charge in [0, 0.05) is 19.4 Å². The molecule has 0 aromatic carbocycles. The Labute approximate surface area is 70.8 Å². The zero-order chi connectivity index (χ0) is 8.39. The molecule has 2 rings (SSSR count). The molecule has 1 aliphatic rings. The monoisotopic (exact) mass is 165 g/mol. The summed E-state index contributed by atoms with van der Waals surface area (Å²) in [5.41, 5.74) is 0. The summed E-state index contributed by atoms with van der Waals surface area (Å²) >= 11 is 0. The Bertz CT molecular complexity index is 266. The van der Waals surface area contributed by atoms with Crippen LogP contribution in [0.25, 0.3) is 0 Å². The average Bonchev–Trinajstić information content (AvgIpc) is 2.56. The van der Waals surface area contributed by atoms with Crippen molar-refractivity contribution in [3.63, 3.8) is 0 Å². The largest absolute Gasteiger partial charge is 0.468 e. The Morgan fingerprint density at radius 3 is 3.17 bits per heavy atom. The predicted octanol–water partition coefficient (Wildman–Crippen LogP) is 1.27.